The predicted molar refractivity (Wildman–Crippen MR) is 71.0 cm³/mol. The topological polar surface area (TPSA) is 35.2 Å². The van der Waals surface area contributed by atoms with Crippen LogP contribution in [-0.4, -0.2) is 13.2 Å². The number of hydrogen-bond donors (Lipinski definition) is 1. The third kappa shape index (κ3) is 3.44. The highest BCUT2D eigenvalue weighted by atomic mass is 35.5. The summed E-state index contributed by atoms with van der Waals surface area (Å²) in [6.45, 7) is 1.90. The van der Waals surface area contributed by atoms with E-state index in [1.807, 2.05) is 0 Å². The van der Waals surface area contributed by atoms with Crippen molar-refractivity contribution in [2.24, 2.45) is 17.6 Å². The minimum Gasteiger partial charge on any atom is -0.376 e. The molecule has 1 aliphatic carbocycles. The summed E-state index contributed by atoms with van der Waals surface area (Å²) in [5.74, 6) is 0.839. The molecule has 0 aliphatic heterocycles. The summed E-state index contributed by atoms with van der Waals surface area (Å²) in [7, 11) is 0. The van der Waals surface area contributed by atoms with E-state index in [0.717, 1.165) is 18.7 Å². The van der Waals surface area contributed by atoms with Crippen molar-refractivity contribution in [3.8, 4) is 0 Å². The lowest BCUT2D eigenvalue weighted by molar-refractivity contribution is 0.0754. The van der Waals surface area contributed by atoms with Gasteiger partial charge in [-0.25, -0.2) is 4.39 Å². The lowest BCUT2D eigenvalue weighted by atomic mass is 9.97. The Morgan fingerprint density at radius 1 is 1.33 bits per heavy atom. The molecule has 0 aromatic heterocycles. The molecular weight excluding hydrogens is 253 g/mol. The van der Waals surface area contributed by atoms with Crippen molar-refractivity contribution in [1.29, 1.82) is 0 Å². The van der Waals surface area contributed by atoms with Gasteiger partial charge in [0.15, 0.2) is 0 Å². The second-order valence-electron chi connectivity index (χ2n) is 4.94. The fraction of sp³-hybridized carbons (Fsp3) is 0.571. The third-order valence-electron chi connectivity index (χ3n) is 3.72. The van der Waals surface area contributed by atoms with Crippen molar-refractivity contribution < 1.29 is 9.13 Å². The second kappa shape index (κ2) is 6.50. The molecule has 18 heavy (non-hydrogen) atoms. The molecule has 2 N–H and O–H groups in total. The molecule has 0 heterocycles. The summed E-state index contributed by atoms with van der Waals surface area (Å²) in [4.78, 5) is 0. The molecule has 2 rings (SSSR count). The van der Waals surface area contributed by atoms with Crippen LogP contribution in [0.15, 0.2) is 18.2 Å². The smallest absolute Gasteiger partial charge is 0.124 e. The van der Waals surface area contributed by atoms with Crippen LogP contribution in [0.1, 0.15) is 24.8 Å². The fourth-order valence-electron chi connectivity index (χ4n) is 2.60. The SMILES string of the molecule is NCC1CCCC1COCc1ccc(F)cc1Cl. The molecule has 2 nitrogen and oxygen atoms in total. The van der Waals surface area contributed by atoms with E-state index in [9.17, 15) is 4.39 Å². The highest BCUT2D eigenvalue weighted by Crippen LogP contribution is 2.31. The van der Waals surface area contributed by atoms with E-state index in [0.29, 0.717) is 23.5 Å². The lowest BCUT2D eigenvalue weighted by Crippen LogP contribution is -2.22. The largest absolute Gasteiger partial charge is 0.376 e. The maximum absolute atomic E-state index is 12.9. The Morgan fingerprint density at radius 2 is 2.11 bits per heavy atom. The number of rotatable bonds is 5. The Labute approximate surface area is 112 Å². The van der Waals surface area contributed by atoms with Gasteiger partial charge in [0.1, 0.15) is 5.82 Å². The monoisotopic (exact) mass is 271 g/mol. The number of hydrogen-bond acceptors (Lipinski definition) is 2. The van der Waals surface area contributed by atoms with Gasteiger partial charge in [0.2, 0.25) is 0 Å². The van der Waals surface area contributed by atoms with E-state index in [1.165, 1.54) is 31.4 Å². The molecule has 4 heteroatoms. The average molecular weight is 272 g/mol. The molecule has 1 saturated carbocycles. The highest BCUT2D eigenvalue weighted by Gasteiger charge is 2.25. The molecule has 0 bridgehead atoms. The van der Waals surface area contributed by atoms with Gasteiger partial charge in [-0.15, -0.1) is 0 Å². The van der Waals surface area contributed by atoms with Crippen molar-refractivity contribution in [3.63, 3.8) is 0 Å². The first-order chi connectivity index (χ1) is 8.70. The molecule has 0 saturated heterocycles. The van der Waals surface area contributed by atoms with Gasteiger partial charge in [-0.05, 0) is 48.9 Å². The number of benzene rings is 1. The van der Waals surface area contributed by atoms with Gasteiger partial charge in [0, 0.05) is 5.02 Å². The fourth-order valence-corrected chi connectivity index (χ4v) is 2.82. The summed E-state index contributed by atoms with van der Waals surface area (Å²) in [5.41, 5.74) is 6.56. The quantitative estimate of drug-likeness (QED) is 0.891. The molecule has 0 spiro atoms. The summed E-state index contributed by atoms with van der Waals surface area (Å²) >= 11 is 5.94. The van der Waals surface area contributed by atoms with Gasteiger partial charge >= 0.3 is 0 Å². The zero-order chi connectivity index (χ0) is 13.0. The molecule has 0 radical (unpaired) electrons. The maximum Gasteiger partial charge on any atom is 0.124 e. The van der Waals surface area contributed by atoms with Crippen molar-refractivity contribution >= 4 is 11.6 Å². The highest BCUT2D eigenvalue weighted by molar-refractivity contribution is 6.31. The molecule has 0 amide bonds. The molecule has 2 unspecified atom stereocenters. The standard InChI is InChI=1S/C14H19ClFNO/c15-14-6-13(16)5-4-12(14)9-18-8-11-3-1-2-10(11)7-17/h4-6,10-11H,1-3,7-9,17H2. The van der Waals surface area contributed by atoms with Crippen LogP contribution in [-0.2, 0) is 11.3 Å². The van der Waals surface area contributed by atoms with Crippen molar-refractivity contribution in [2.45, 2.75) is 25.9 Å². The van der Waals surface area contributed by atoms with Crippen LogP contribution in [0.3, 0.4) is 0 Å². The van der Waals surface area contributed by atoms with Gasteiger partial charge in [-0.1, -0.05) is 24.1 Å². The first-order valence-corrected chi connectivity index (χ1v) is 6.80. The maximum atomic E-state index is 12.9. The molecule has 100 valence electrons. The van der Waals surface area contributed by atoms with E-state index < -0.39 is 0 Å². The first-order valence-electron chi connectivity index (χ1n) is 6.42. The minimum atomic E-state index is -0.317. The van der Waals surface area contributed by atoms with Gasteiger partial charge in [0.05, 0.1) is 13.2 Å². The van der Waals surface area contributed by atoms with Gasteiger partial charge < -0.3 is 10.5 Å². The number of halogens is 2. The Morgan fingerprint density at radius 3 is 2.83 bits per heavy atom. The molecule has 1 aliphatic rings. The summed E-state index contributed by atoms with van der Waals surface area (Å²) in [6.07, 6.45) is 3.65. The van der Waals surface area contributed by atoms with Crippen LogP contribution in [0.25, 0.3) is 0 Å². The predicted octanol–water partition coefficient (Wildman–Crippen LogP) is 3.37. The second-order valence-corrected chi connectivity index (χ2v) is 5.34. The van der Waals surface area contributed by atoms with E-state index in [4.69, 9.17) is 22.1 Å². The van der Waals surface area contributed by atoms with Crippen molar-refractivity contribution in [3.05, 3.63) is 34.6 Å². The van der Waals surface area contributed by atoms with Crippen LogP contribution >= 0.6 is 11.6 Å². The Bertz CT molecular complexity index is 399. The summed E-state index contributed by atoms with van der Waals surface area (Å²) in [5, 5.41) is 0.428. The van der Waals surface area contributed by atoms with Crippen LogP contribution in [0.4, 0.5) is 4.39 Å². The van der Waals surface area contributed by atoms with E-state index >= 15 is 0 Å². The van der Waals surface area contributed by atoms with Crippen LogP contribution in [0.2, 0.25) is 5.02 Å². The van der Waals surface area contributed by atoms with E-state index in [1.54, 1.807) is 6.07 Å². The number of ether oxygens (including phenoxy) is 1. The normalized spacial score (nSPS) is 23.5. The Kier molecular flexibility index (Phi) is 4.98. The number of nitrogens with two attached hydrogens (primary N) is 1. The molecule has 1 aromatic carbocycles. The van der Waals surface area contributed by atoms with Crippen LogP contribution < -0.4 is 5.73 Å². The minimum absolute atomic E-state index is 0.317. The van der Waals surface area contributed by atoms with Crippen molar-refractivity contribution in [1.82, 2.24) is 0 Å². The van der Waals surface area contributed by atoms with Gasteiger partial charge in [0.25, 0.3) is 0 Å². The zero-order valence-electron chi connectivity index (χ0n) is 10.4. The molecule has 1 fully saturated rings. The van der Waals surface area contributed by atoms with Crippen LogP contribution in [0, 0.1) is 17.7 Å². The lowest BCUT2D eigenvalue weighted by Gasteiger charge is -2.17. The molecule has 2 atom stereocenters. The van der Waals surface area contributed by atoms with E-state index in [2.05, 4.69) is 0 Å². The Balaban J connectivity index is 1.81. The third-order valence-corrected chi connectivity index (χ3v) is 4.08. The molecular formula is C14H19ClFNO. The van der Waals surface area contributed by atoms with Gasteiger partial charge in [-0.3, -0.25) is 0 Å². The first kappa shape index (κ1) is 13.8. The molecule has 1 aromatic rings. The summed E-state index contributed by atoms with van der Waals surface area (Å²) < 4.78 is 18.6. The average Bonchev–Trinajstić information content (AvgIpc) is 2.79. The van der Waals surface area contributed by atoms with Crippen LogP contribution in [0.5, 0.6) is 0 Å². The van der Waals surface area contributed by atoms with Gasteiger partial charge in [-0.2, -0.15) is 0 Å². The zero-order valence-corrected chi connectivity index (χ0v) is 11.1. The van der Waals surface area contributed by atoms with Crippen molar-refractivity contribution in [2.75, 3.05) is 13.2 Å². The van der Waals surface area contributed by atoms with E-state index in [-0.39, 0.29) is 5.82 Å². The Hall–Kier alpha value is -0.640. The summed E-state index contributed by atoms with van der Waals surface area (Å²) in [6, 6.07) is 4.40.